The summed E-state index contributed by atoms with van der Waals surface area (Å²) in [5, 5.41) is 4.21. The number of carbonyl (C=O) groups excluding carboxylic acids is 1. The van der Waals surface area contributed by atoms with E-state index in [-0.39, 0.29) is 29.8 Å². The molecule has 0 aliphatic carbocycles. The average molecular weight is 444 g/mol. The molecule has 1 N–H and O–H groups in total. The van der Waals surface area contributed by atoms with Gasteiger partial charge in [0, 0.05) is 5.02 Å². The summed E-state index contributed by atoms with van der Waals surface area (Å²) >= 11 is 7.24. The second kappa shape index (κ2) is 8.81. The summed E-state index contributed by atoms with van der Waals surface area (Å²) in [6.45, 7) is 2.05. The Morgan fingerprint density at radius 3 is 2.77 bits per heavy atom. The largest absolute Gasteiger partial charge is 0.467 e. The van der Waals surface area contributed by atoms with E-state index < -0.39 is 0 Å². The van der Waals surface area contributed by atoms with Crippen molar-refractivity contribution in [2.24, 2.45) is 0 Å². The highest BCUT2D eigenvalue weighted by Crippen LogP contribution is 2.22. The molecule has 0 fully saturated rings. The maximum Gasteiger partial charge on any atom is 0.262 e. The Morgan fingerprint density at radius 2 is 2.03 bits per heavy atom. The Kier molecular flexibility index (Phi) is 5.96. The molecule has 1 atom stereocenters. The number of amides is 1. The normalized spacial score (nSPS) is 12.2. The van der Waals surface area contributed by atoms with Crippen LogP contribution >= 0.6 is 23.4 Å². The minimum Gasteiger partial charge on any atom is -0.467 e. The number of nitrogens with zero attached hydrogens (tertiary/aromatic N) is 2. The van der Waals surface area contributed by atoms with Crippen molar-refractivity contribution < 1.29 is 13.6 Å². The maximum atomic E-state index is 13.1. The molecule has 0 bridgehead atoms. The molecule has 1 aromatic carbocycles. The number of hydrogen-bond acceptors (Lipinski definition) is 6. The zero-order valence-corrected chi connectivity index (χ0v) is 17.6. The summed E-state index contributed by atoms with van der Waals surface area (Å²) in [5.41, 5.74) is 0.259. The smallest absolute Gasteiger partial charge is 0.262 e. The van der Waals surface area contributed by atoms with E-state index in [1.165, 1.54) is 16.3 Å². The number of halogens is 1. The van der Waals surface area contributed by atoms with Gasteiger partial charge in [0.2, 0.25) is 5.91 Å². The average Bonchev–Trinajstić information content (AvgIpc) is 3.42. The Bertz CT molecular complexity index is 1220. The molecule has 0 spiro atoms. The molecule has 4 rings (SSSR count). The topological polar surface area (TPSA) is 90.3 Å². The summed E-state index contributed by atoms with van der Waals surface area (Å²) in [7, 11) is 0. The quantitative estimate of drug-likeness (QED) is 0.339. The molecule has 0 aliphatic rings. The van der Waals surface area contributed by atoms with Gasteiger partial charge in [0.05, 0.1) is 41.8 Å². The van der Waals surface area contributed by atoms with Gasteiger partial charge in [-0.15, -0.1) is 0 Å². The van der Waals surface area contributed by atoms with Crippen LogP contribution in [0.15, 0.2) is 73.8 Å². The van der Waals surface area contributed by atoms with Gasteiger partial charge in [-0.3, -0.25) is 14.2 Å². The van der Waals surface area contributed by atoms with Crippen LogP contribution in [-0.4, -0.2) is 21.2 Å². The van der Waals surface area contributed by atoms with Crippen molar-refractivity contribution >= 4 is 40.2 Å². The van der Waals surface area contributed by atoms with Gasteiger partial charge in [0.25, 0.3) is 5.56 Å². The standard InChI is InChI=1S/C21H18ClN3O4S/c1-13(18-5-3-9-29-18)23-19(26)12-30-21-24-17-10-14(22)6-7-16(17)20(27)25(21)11-15-4-2-8-28-15/h2-10,13H,11-12H2,1H3,(H,23,26). The van der Waals surface area contributed by atoms with Crippen LogP contribution in [0.1, 0.15) is 24.5 Å². The van der Waals surface area contributed by atoms with E-state index in [0.29, 0.717) is 32.6 Å². The number of rotatable bonds is 7. The molecule has 7 nitrogen and oxygen atoms in total. The summed E-state index contributed by atoms with van der Waals surface area (Å²) in [4.78, 5) is 30.1. The lowest BCUT2D eigenvalue weighted by atomic mass is 10.2. The summed E-state index contributed by atoms with van der Waals surface area (Å²) in [6, 6.07) is 11.8. The van der Waals surface area contributed by atoms with Crippen molar-refractivity contribution in [1.29, 1.82) is 0 Å². The van der Waals surface area contributed by atoms with Gasteiger partial charge in [-0.25, -0.2) is 4.98 Å². The zero-order valence-electron chi connectivity index (χ0n) is 16.0. The third-order valence-electron chi connectivity index (χ3n) is 4.46. The van der Waals surface area contributed by atoms with Crippen LogP contribution in [0.5, 0.6) is 0 Å². The first kappa shape index (κ1) is 20.3. The first-order valence-corrected chi connectivity index (χ1v) is 10.6. The molecular formula is C21H18ClN3O4S. The Morgan fingerprint density at radius 1 is 1.23 bits per heavy atom. The van der Waals surface area contributed by atoms with E-state index in [2.05, 4.69) is 10.3 Å². The zero-order chi connectivity index (χ0) is 21.1. The van der Waals surface area contributed by atoms with Crippen molar-refractivity contribution in [2.45, 2.75) is 24.7 Å². The van der Waals surface area contributed by atoms with Crippen molar-refractivity contribution in [2.75, 3.05) is 5.75 Å². The molecule has 0 radical (unpaired) electrons. The number of carbonyl (C=O) groups is 1. The Hall–Kier alpha value is -2.97. The minimum atomic E-state index is -0.262. The third kappa shape index (κ3) is 4.44. The molecule has 3 heterocycles. The van der Waals surface area contributed by atoms with Crippen LogP contribution in [0.3, 0.4) is 0 Å². The van der Waals surface area contributed by atoms with E-state index in [1.807, 2.05) is 6.92 Å². The second-order valence-corrected chi connectivity index (χ2v) is 8.00. The van der Waals surface area contributed by atoms with E-state index in [9.17, 15) is 9.59 Å². The van der Waals surface area contributed by atoms with Gasteiger partial charge in [-0.2, -0.15) is 0 Å². The van der Waals surface area contributed by atoms with Crippen molar-refractivity contribution in [1.82, 2.24) is 14.9 Å². The van der Waals surface area contributed by atoms with Gasteiger partial charge < -0.3 is 14.2 Å². The fraction of sp³-hybridized carbons (Fsp3) is 0.190. The van der Waals surface area contributed by atoms with E-state index in [0.717, 1.165) is 0 Å². The second-order valence-electron chi connectivity index (χ2n) is 6.62. The van der Waals surface area contributed by atoms with Crippen LogP contribution in [0.25, 0.3) is 10.9 Å². The van der Waals surface area contributed by atoms with Crippen LogP contribution in [0.4, 0.5) is 0 Å². The highest BCUT2D eigenvalue weighted by Gasteiger charge is 2.17. The van der Waals surface area contributed by atoms with Gasteiger partial charge in [0.15, 0.2) is 5.16 Å². The molecule has 4 aromatic rings. The number of thioether (sulfide) groups is 1. The summed E-state index contributed by atoms with van der Waals surface area (Å²) in [5.74, 6) is 1.17. The predicted molar refractivity (Wildman–Crippen MR) is 115 cm³/mol. The SMILES string of the molecule is CC(NC(=O)CSc1nc2cc(Cl)ccc2c(=O)n1Cc1ccco1)c1ccco1. The molecule has 1 unspecified atom stereocenters. The Balaban J connectivity index is 1.59. The van der Waals surface area contributed by atoms with Gasteiger partial charge in [-0.1, -0.05) is 23.4 Å². The molecule has 154 valence electrons. The van der Waals surface area contributed by atoms with E-state index in [4.69, 9.17) is 20.4 Å². The predicted octanol–water partition coefficient (Wildman–Crippen LogP) is 4.25. The van der Waals surface area contributed by atoms with Crippen LogP contribution in [-0.2, 0) is 11.3 Å². The molecule has 0 saturated carbocycles. The number of aromatic nitrogens is 2. The fourth-order valence-electron chi connectivity index (χ4n) is 3.00. The first-order valence-electron chi connectivity index (χ1n) is 9.19. The molecule has 0 aliphatic heterocycles. The van der Waals surface area contributed by atoms with Crippen LogP contribution < -0.4 is 10.9 Å². The maximum absolute atomic E-state index is 13.1. The van der Waals surface area contributed by atoms with Gasteiger partial charge >= 0.3 is 0 Å². The summed E-state index contributed by atoms with van der Waals surface area (Å²) < 4.78 is 12.2. The molecule has 9 heteroatoms. The number of hydrogen-bond donors (Lipinski definition) is 1. The minimum absolute atomic E-state index is 0.0850. The number of fused-ring (bicyclic) bond motifs is 1. The van der Waals surface area contributed by atoms with Crippen molar-refractivity contribution in [3.8, 4) is 0 Å². The van der Waals surface area contributed by atoms with Crippen molar-refractivity contribution in [3.63, 3.8) is 0 Å². The lowest BCUT2D eigenvalue weighted by Crippen LogP contribution is -2.29. The number of furan rings is 2. The van der Waals surface area contributed by atoms with Crippen LogP contribution in [0, 0.1) is 0 Å². The van der Waals surface area contributed by atoms with Crippen molar-refractivity contribution in [3.05, 3.63) is 81.9 Å². The number of nitrogens with one attached hydrogen (secondary N) is 1. The van der Waals surface area contributed by atoms with Gasteiger partial charge in [0.1, 0.15) is 11.5 Å². The Labute approximate surface area is 181 Å². The molecular weight excluding hydrogens is 426 g/mol. The lowest BCUT2D eigenvalue weighted by molar-refractivity contribution is -0.119. The summed E-state index contributed by atoms with van der Waals surface area (Å²) in [6.07, 6.45) is 3.11. The molecule has 3 aromatic heterocycles. The lowest BCUT2D eigenvalue weighted by Gasteiger charge is -2.14. The van der Waals surface area contributed by atoms with Gasteiger partial charge in [-0.05, 0) is 49.4 Å². The third-order valence-corrected chi connectivity index (χ3v) is 5.67. The van der Waals surface area contributed by atoms with E-state index >= 15 is 0 Å². The first-order chi connectivity index (χ1) is 14.5. The van der Waals surface area contributed by atoms with E-state index in [1.54, 1.807) is 55.0 Å². The highest BCUT2D eigenvalue weighted by molar-refractivity contribution is 7.99. The van der Waals surface area contributed by atoms with Crippen LogP contribution in [0.2, 0.25) is 5.02 Å². The number of benzene rings is 1. The molecule has 30 heavy (non-hydrogen) atoms. The molecule has 0 saturated heterocycles. The monoisotopic (exact) mass is 443 g/mol. The highest BCUT2D eigenvalue weighted by atomic mass is 35.5. The fourth-order valence-corrected chi connectivity index (χ4v) is 3.98. The molecule has 1 amide bonds.